The zero-order valence-electron chi connectivity index (χ0n) is 45.7. The van der Waals surface area contributed by atoms with Gasteiger partial charge < -0.3 is 19.8 Å². The van der Waals surface area contributed by atoms with Crippen LogP contribution in [0.25, 0.3) is 33.4 Å². The molecule has 2 aliphatic carbocycles. The van der Waals surface area contributed by atoms with Gasteiger partial charge >= 0.3 is 7.12 Å². The van der Waals surface area contributed by atoms with E-state index in [2.05, 4.69) is 281 Å². The van der Waals surface area contributed by atoms with Crippen LogP contribution in [0.4, 0.5) is 34.1 Å². The van der Waals surface area contributed by atoms with E-state index in [0.29, 0.717) is 5.46 Å². The second kappa shape index (κ2) is 19.3. The first-order valence-corrected chi connectivity index (χ1v) is 28.0. The van der Waals surface area contributed by atoms with E-state index < -0.39 is 7.12 Å². The molecule has 0 fully saturated rings. The van der Waals surface area contributed by atoms with Gasteiger partial charge in [0.25, 0.3) is 0 Å². The molecule has 78 heavy (non-hydrogen) atoms. The van der Waals surface area contributed by atoms with Crippen LogP contribution in [0.3, 0.4) is 0 Å². The fourth-order valence-corrected chi connectivity index (χ4v) is 13.3. The van der Waals surface area contributed by atoms with Gasteiger partial charge in [-0.2, -0.15) is 0 Å². The number of fused-ring (bicyclic) bond motifs is 10. The molecule has 0 saturated heterocycles. The minimum absolute atomic E-state index is 0.000942. The highest BCUT2D eigenvalue weighted by Crippen LogP contribution is 2.55. The molecule has 14 rings (SSSR count). The maximum atomic E-state index is 9.30. The van der Waals surface area contributed by atoms with Gasteiger partial charge in [-0.25, -0.2) is 0 Å². The average Bonchev–Trinajstić information content (AvgIpc) is 4.00. The van der Waals surface area contributed by atoms with Crippen molar-refractivity contribution in [2.45, 2.75) is 77.0 Å². The molecule has 0 unspecified atom stereocenters. The Morgan fingerprint density at radius 2 is 0.615 bits per heavy atom. The molecule has 0 radical (unpaired) electrons. The number of halogens is 1. The van der Waals surface area contributed by atoms with E-state index in [1.165, 1.54) is 106 Å². The molecule has 0 aromatic heterocycles. The molecular weight excluding hydrogens is 1020 g/mol. The van der Waals surface area contributed by atoms with Gasteiger partial charge in [0.05, 0.1) is 22.7 Å². The maximum Gasteiger partial charge on any atom is 0.488 e. The van der Waals surface area contributed by atoms with Crippen molar-refractivity contribution < 1.29 is 10.0 Å². The topological polar surface area (TPSA) is 46.9 Å². The summed E-state index contributed by atoms with van der Waals surface area (Å²) in [6.07, 6.45) is 0. The van der Waals surface area contributed by atoms with E-state index in [4.69, 9.17) is 0 Å². The van der Waals surface area contributed by atoms with E-state index in [1.807, 2.05) is 24.3 Å². The number of rotatable bonds is 4. The van der Waals surface area contributed by atoms with Gasteiger partial charge in [0.1, 0.15) is 0 Å². The van der Waals surface area contributed by atoms with Crippen molar-refractivity contribution >= 4 is 62.6 Å². The van der Waals surface area contributed by atoms with Gasteiger partial charge in [0.2, 0.25) is 0 Å². The van der Waals surface area contributed by atoms with Gasteiger partial charge in [-0.3, -0.25) is 0 Å². The molecular formula is C72H64BBrN2O2. The SMILES string of the molecule is CC1(C)c2ccccc2-c2ccc(-c3ccc(N4c5ccccc5C(C)(C)c5ccccc54)cc3)cc21.CC1(C)c2ccccc2-c2ccc(B(O)O)cc21.CC1(C)c2ccccc2N(c2ccc(Br)cc2)c2ccccc21. The molecule has 384 valence electrons. The van der Waals surface area contributed by atoms with Gasteiger partial charge in [0, 0.05) is 37.5 Å². The number of para-hydroxylation sites is 4. The zero-order valence-corrected chi connectivity index (χ0v) is 47.3. The Labute approximate surface area is 469 Å². The van der Waals surface area contributed by atoms with Gasteiger partial charge in [-0.05, 0) is 150 Å². The predicted molar refractivity (Wildman–Crippen MR) is 331 cm³/mol. The Balaban J connectivity index is 0.000000127. The molecule has 0 saturated carbocycles. The molecule has 4 aliphatic rings. The van der Waals surface area contributed by atoms with Crippen LogP contribution in [0.5, 0.6) is 0 Å². The monoisotopic (exact) mass is 1080 g/mol. The Morgan fingerprint density at radius 3 is 1.03 bits per heavy atom. The first-order valence-electron chi connectivity index (χ1n) is 27.2. The highest BCUT2D eigenvalue weighted by molar-refractivity contribution is 9.10. The standard InChI is InChI=1S/C36H31N.C21H18BrN.C15H15BO2/c1-35(2)29-12-6-5-11-27(29)28-22-19-25(23-32(28)35)24-17-20-26(21-18-24)37-33-15-9-7-13-30(33)36(3,4)31-14-8-10-16-34(31)37;1-21(2)17-7-3-5-9-19(17)23(16-13-11-15(22)12-14-16)20-10-6-4-8-18(20)21;1-15(2)13-6-4-3-5-11(13)12-8-7-10(16(17)18)9-14(12)15/h5-23H,1-4H3;3-14H,1-2H3;3-9,17-18H,1-2H3. The number of nitrogens with zero attached hydrogens (tertiary/aromatic N) is 2. The average molecular weight is 1080 g/mol. The van der Waals surface area contributed by atoms with E-state index in [0.717, 1.165) is 10.0 Å². The normalized spacial score (nSPS) is 15.5. The maximum absolute atomic E-state index is 9.30. The first-order chi connectivity index (χ1) is 37.5. The molecule has 0 atom stereocenters. The number of hydrogen-bond acceptors (Lipinski definition) is 4. The quantitative estimate of drug-likeness (QED) is 0.172. The smallest absolute Gasteiger partial charge is 0.423 e. The van der Waals surface area contributed by atoms with Gasteiger partial charge in [-0.15, -0.1) is 0 Å². The fraction of sp³-hybridized carbons (Fsp3) is 0.167. The van der Waals surface area contributed by atoms with Crippen LogP contribution in [0.1, 0.15) is 99.9 Å². The van der Waals surface area contributed by atoms with E-state index in [1.54, 1.807) is 6.07 Å². The Kier molecular flexibility index (Phi) is 12.6. The van der Waals surface area contributed by atoms with Crippen molar-refractivity contribution in [1.29, 1.82) is 0 Å². The third-order valence-corrected chi connectivity index (χ3v) is 17.8. The molecule has 10 aromatic rings. The van der Waals surface area contributed by atoms with Crippen molar-refractivity contribution in [1.82, 2.24) is 0 Å². The largest absolute Gasteiger partial charge is 0.488 e. The van der Waals surface area contributed by atoms with Gasteiger partial charge in [0.15, 0.2) is 0 Å². The minimum atomic E-state index is -1.41. The van der Waals surface area contributed by atoms with E-state index in [-0.39, 0.29) is 21.7 Å². The summed E-state index contributed by atoms with van der Waals surface area (Å²) in [5, 5.41) is 18.6. The van der Waals surface area contributed by atoms with Crippen LogP contribution in [0.15, 0.2) is 235 Å². The zero-order chi connectivity index (χ0) is 54.3. The lowest BCUT2D eigenvalue weighted by atomic mass is 9.73. The van der Waals surface area contributed by atoms with Crippen molar-refractivity contribution in [3.63, 3.8) is 0 Å². The van der Waals surface area contributed by atoms with E-state index in [9.17, 15) is 10.0 Å². The lowest BCUT2D eigenvalue weighted by Crippen LogP contribution is -2.31. The van der Waals surface area contributed by atoms with Crippen molar-refractivity contribution in [3.05, 3.63) is 280 Å². The van der Waals surface area contributed by atoms with Crippen molar-refractivity contribution in [2.24, 2.45) is 0 Å². The summed E-state index contributed by atoms with van der Waals surface area (Å²) < 4.78 is 1.10. The van der Waals surface area contributed by atoms with Crippen LogP contribution in [-0.2, 0) is 21.7 Å². The van der Waals surface area contributed by atoms with Crippen LogP contribution >= 0.6 is 15.9 Å². The Bertz CT molecular complexity index is 3830. The number of hydrogen-bond donors (Lipinski definition) is 2. The number of benzene rings is 10. The molecule has 2 aliphatic heterocycles. The summed E-state index contributed by atoms with van der Waals surface area (Å²) in [5.74, 6) is 0. The van der Waals surface area contributed by atoms with Crippen LogP contribution in [0, 0.1) is 0 Å². The second-order valence-corrected chi connectivity index (χ2v) is 24.2. The van der Waals surface area contributed by atoms with Crippen LogP contribution in [0.2, 0.25) is 0 Å². The summed E-state index contributed by atoms with van der Waals surface area (Å²) in [6, 6.07) is 82.6. The summed E-state index contributed by atoms with van der Waals surface area (Å²) in [5.41, 5.74) is 26.3. The lowest BCUT2D eigenvalue weighted by Gasteiger charge is -2.42. The molecule has 4 nitrogen and oxygen atoms in total. The first kappa shape index (κ1) is 51.0. The summed E-state index contributed by atoms with van der Waals surface area (Å²) in [4.78, 5) is 4.78. The highest BCUT2D eigenvalue weighted by Gasteiger charge is 2.40. The van der Waals surface area contributed by atoms with Crippen molar-refractivity contribution in [2.75, 3.05) is 9.80 Å². The molecule has 6 heteroatoms. The third kappa shape index (κ3) is 8.36. The summed E-state index contributed by atoms with van der Waals surface area (Å²) >= 11 is 3.53. The lowest BCUT2D eigenvalue weighted by molar-refractivity contribution is 0.425. The second-order valence-electron chi connectivity index (χ2n) is 23.3. The summed E-state index contributed by atoms with van der Waals surface area (Å²) in [6.45, 7) is 18.3. The molecule has 0 spiro atoms. The van der Waals surface area contributed by atoms with E-state index >= 15 is 0 Å². The molecule has 0 bridgehead atoms. The minimum Gasteiger partial charge on any atom is -0.423 e. The molecule has 0 amide bonds. The predicted octanol–water partition coefficient (Wildman–Crippen LogP) is 18.0. The molecule has 2 N–H and O–H groups in total. The third-order valence-electron chi connectivity index (χ3n) is 17.3. The molecule has 2 heterocycles. The Hall–Kier alpha value is -7.74. The van der Waals surface area contributed by atoms with Crippen LogP contribution < -0.4 is 15.3 Å². The van der Waals surface area contributed by atoms with Gasteiger partial charge in [-0.1, -0.05) is 235 Å². The fourth-order valence-electron chi connectivity index (χ4n) is 13.1. The van der Waals surface area contributed by atoms with Crippen molar-refractivity contribution in [3.8, 4) is 33.4 Å². The highest BCUT2D eigenvalue weighted by atomic mass is 79.9. The van der Waals surface area contributed by atoms with Crippen LogP contribution in [-0.4, -0.2) is 17.2 Å². The summed E-state index contributed by atoms with van der Waals surface area (Å²) in [7, 11) is -1.41. The molecule has 10 aromatic carbocycles. The Morgan fingerprint density at radius 1 is 0.308 bits per heavy atom. The number of anilines is 6.